The quantitative estimate of drug-likeness (QED) is 0.544. The van der Waals surface area contributed by atoms with E-state index in [0.29, 0.717) is 18.9 Å². The average Bonchev–Trinajstić information content (AvgIpc) is 2.34. The summed E-state index contributed by atoms with van der Waals surface area (Å²) in [5.74, 6) is -0.384. The van der Waals surface area contributed by atoms with Crippen molar-refractivity contribution in [2.75, 3.05) is 27.2 Å². The largest absolute Gasteiger partial charge is 0.481 e. The monoisotopic (exact) mass is 301 g/mol. The molecule has 0 rings (SSSR count). The lowest BCUT2D eigenvalue weighted by Gasteiger charge is -2.19. The molecule has 0 saturated carbocycles. The second kappa shape index (κ2) is 11.4. The highest BCUT2D eigenvalue weighted by atomic mass is 16.4. The predicted molar refractivity (Wildman–Crippen MR) is 84.4 cm³/mol. The standard InChI is InChI=1S/C15H31N3O3/c1-5-6-13(7-8-14(19)20)9-10-16-15(21)17-12(2)11-18(3)4/h12-13H,5-11H2,1-4H3,(H,19,20)(H2,16,17,21). The van der Waals surface area contributed by atoms with Gasteiger partial charge in [0.1, 0.15) is 0 Å². The fraction of sp³-hybridized carbons (Fsp3) is 0.867. The molecule has 0 fully saturated rings. The van der Waals surface area contributed by atoms with Gasteiger partial charge in [-0.05, 0) is 39.8 Å². The van der Waals surface area contributed by atoms with Gasteiger partial charge in [-0.15, -0.1) is 0 Å². The molecule has 6 heteroatoms. The molecule has 2 atom stereocenters. The van der Waals surface area contributed by atoms with Crippen LogP contribution in [0.5, 0.6) is 0 Å². The Bertz CT molecular complexity index is 309. The third kappa shape index (κ3) is 12.2. The maximum Gasteiger partial charge on any atom is 0.315 e. The van der Waals surface area contributed by atoms with Crippen LogP contribution in [0.4, 0.5) is 4.79 Å². The Morgan fingerprint density at radius 3 is 2.38 bits per heavy atom. The van der Waals surface area contributed by atoms with Crippen molar-refractivity contribution in [1.29, 1.82) is 0 Å². The molecular weight excluding hydrogens is 270 g/mol. The van der Waals surface area contributed by atoms with Crippen LogP contribution in [0.3, 0.4) is 0 Å². The number of nitrogens with one attached hydrogen (secondary N) is 2. The predicted octanol–water partition coefficient (Wildman–Crippen LogP) is 1.91. The molecule has 0 aromatic heterocycles. The highest BCUT2D eigenvalue weighted by Crippen LogP contribution is 2.17. The topological polar surface area (TPSA) is 81.7 Å². The molecule has 0 aliphatic rings. The molecular formula is C15H31N3O3. The number of aliphatic carboxylic acids is 1. The van der Waals surface area contributed by atoms with E-state index in [4.69, 9.17) is 5.11 Å². The zero-order valence-corrected chi connectivity index (χ0v) is 13.8. The maximum absolute atomic E-state index is 11.7. The van der Waals surface area contributed by atoms with Crippen LogP contribution in [0.15, 0.2) is 0 Å². The minimum absolute atomic E-state index is 0.0958. The van der Waals surface area contributed by atoms with Crippen LogP contribution in [-0.4, -0.2) is 55.2 Å². The average molecular weight is 301 g/mol. The summed E-state index contributed by atoms with van der Waals surface area (Å²) in [5, 5.41) is 14.5. The van der Waals surface area contributed by atoms with E-state index in [-0.39, 0.29) is 18.5 Å². The zero-order valence-electron chi connectivity index (χ0n) is 13.8. The van der Waals surface area contributed by atoms with Gasteiger partial charge in [-0.2, -0.15) is 0 Å². The summed E-state index contributed by atoms with van der Waals surface area (Å²) in [6.07, 6.45) is 3.76. The lowest BCUT2D eigenvalue weighted by molar-refractivity contribution is -0.137. The maximum atomic E-state index is 11.7. The van der Waals surface area contributed by atoms with E-state index in [1.54, 1.807) is 0 Å². The molecule has 124 valence electrons. The molecule has 2 unspecified atom stereocenters. The first-order valence-electron chi connectivity index (χ1n) is 7.76. The summed E-state index contributed by atoms with van der Waals surface area (Å²) in [5.41, 5.74) is 0. The van der Waals surface area contributed by atoms with Crippen LogP contribution < -0.4 is 10.6 Å². The zero-order chi connectivity index (χ0) is 16.3. The SMILES string of the molecule is CCCC(CCNC(=O)NC(C)CN(C)C)CCC(=O)O. The summed E-state index contributed by atoms with van der Waals surface area (Å²) in [6, 6.07) is -0.0590. The van der Waals surface area contributed by atoms with Crippen molar-refractivity contribution >= 4 is 12.0 Å². The van der Waals surface area contributed by atoms with Gasteiger partial charge in [0.25, 0.3) is 0 Å². The number of rotatable bonds is 11. The van der Waals surface area contributed by atoms with Gasteiger partial charge >= 0.3 is 12.0 Å². The molecule has 0 aliphatic carbocycles. The van der Waals surface area contributed by atoms with Gasteiger partial charge in [-0.25, -0.2) is 4.79 Å². The number of urea groups is 1. The molecule has 0 bridgehead atoms. The van der Waals surface area contributed by atoms with Gasteiger partial charge in [0.2, 0.25) is 0 Å². The first-order valence-corrected chi connectivity index (χ1v) is 7.76. The summed E-state index contributed by atoms with van der Waals surface area (Å²) < 4.78 is 0. The van der Waals surface area contributed by atoms with Crippen molar-refractivity contribution in [3.05, 3.63) is 0 Å². The normalized spacial score (nSPS) is 13.8. The number of likely N-dealkylation sites (N-methyl/N-ethyl adjacent to an activating group) is 1. The number of hydrogen-bond donors (Lipinski definition) is 3. The first kappa shape index (κ1) is 19.7. The molecule has 6 nitrogen and oxygen atoms in total. The van der Waals surface area contributed by atoms with Gasteiger partial charge in [0, 0.05) is 25.6 Å². The number of hydrogen-bond acceptors (Lipinski definition) is 3. The number of nitrogens with zero attached hydrogens (tertiary/aromatic N) is 1. The van der Waals surface area contributed by atoms with E-state index in [9.17, 15) is 9.59 Å². The Hall–Kier alpha value is -1.30. The van der Waals surface area contributed by atoms with Crippen LogP contribution in [-0.2, 0) is 4.79 Å². The lowest BCUT2D eigenvalue weighted by Crippen LogP contribution is -2.45. The minimum Gasteiger partial charge on any atom is -0.481 e. The highest BCUT2D eigenvalue weighted by Gasteiger charge is 2.12. The van der Waals surface area contributed by atoms with Crippen LogP contribution in [0, 0.1) is 5.92 Å². The fourth-order valence-electron chi connectivity index (χ4n) is 2.43. The third-order valence-electron chi connectivity index (χ3n) is 3.32. The number of carboxylic acids is 1. The first-order chi connectivity index (χ1) is 9.85. The van der Waals surface area contributed by atoms with Gasteiger partial charge in [0.15, 0.2) is 0 Å². The highest BCUT2D eigenvalue weighted by molar-refractivity contribution is 5.74. The molecule has 0 aromatic rings. The van der Waals surface area contributed by atoms with Gasteiger partial charge in [0.05, 0.1) is 0 Å². The van der Waals surface area contributed by atoms with E-state index in [1.807, 2.05) is 25.9 Å². The molecule has 3 N–H and O–H groups in total. The van der Waals surface area contributed by atoms with E-state index in [2.05, 4.69) is 17.6 Å². The molecule has 21 heavy (non-hydrogen) atoms. The van der Waals surface area contributed by atoms with Crippen molar-refractivity contribution < 1.29 is 14.7 Å². The second-order valence-electron chi connectivity index (χ2n) is 5.94. The molecule has 0 aliphatic heterocycles. The molecule has 0 saturated heterocycles. The van der Waals surface area contributed by atoms with Crippen molar-refractivity contribution in [3.8, 4) is 0 Å². The Balaban J connectivity index is 3.90. The van der Waals surface area contributed by atoms with Gasteiger partial charge in [-0.1, -0.05) is 19.8 Å². The van der Waals surface area contributed by atoms with E-state index >= 15 is 0 Å². The number of amides is 2. The molecule has 0 radical (unpaired) electrons. The summed E-state index contributed by atoms with van der Waals surface area (Å²) in [7, 11) is 3.93. The molecule has 2 amide bonds. The Morgan fingerprint density at radius 1 is 1.19 bits per heavy atom. The number of carbonyl (C=O) groups excluding carboxylic acids is 1. The Kier molecular flexibility index (Phi) is 10.7. The lowest BCUT2D eigenvalue weighted by atomic mass is 9.94. The summed E-state index contributed by atoms with van der Waals surface area (Å²) in [6.45, 7) is 5.44. The molecule has 0 spiro atoms. The van der Waals surface area contributed by atoms with E-state index in [1.165, 1.54) is 0 Å². The summed E-state index contributed by atoms with van der Waals surface area (Å²) in [4.78, 5) is 24.3. The van der Waals surface area contributed by atoms with Gasteiger partial charge < -0.3 is 20.6 Å². The molecule has 0 aromatic carbocycles. The Labute approximate surface area is 128 Å². The van der Waals surface area contributed by atoms with E-state index in [0.717, 1.165) is 25.8 Å². The van der Waals surface area contributed by atoms with Crippen molar-refractivity contribution in [1.82, 2.24) is 15.5 Å². The van der Waals surface area contributed by atoms with Crippen LogP contribution in [0.2, 0.25) is 0 Å². The van der Waals surface area contributed by atoms with Crippen molar-refractivity contribution in [3.63, 3.8) is 0 Å². The Morgan fingerprint density at radius 2 is 1.86 bits per heavy atom. The van der Waals surface area contributed by atoms with Crippen molar-refractivity contribution in [2.45, 2.75) is 52.0 Å². The smallest absolute Gasteiger partial charge is 0.315 e. The van der Waals surface area contributed by atoms with E-state index < -0.39 is 5.97 Å². The van der Waals surface area contributed by atoms with Crippen LogP contribution in [0.25, 0.3) is 0 Å². The van der Waals surface area contributed by atoms with Crippen LogP contribution >= 0.6 is 0 Å². The number of carbonyl (C=O) groups is 2. The number of carboxylic acid groups (broad SMARTS) is 1. The third-order valence-corrected chi connectivity index (χ3v) is 3.32. The second-order valence-corrected chi connectivity index (χ2v) is 5.94. The van der Waals surface area contributed by atoms with Crippen LogP contribution in [0.1, 0.15) is 46.0 Å². The summed E-state index contributed by atoms with van der Waals surface area (Å²) >= 11 is 0. The minimum atomic E-state index is -0.751. The fourth-order valence-corrected chi connectivity index (χ4v) is 2.43. The van der Waals surface area contributed by atoms with Gasteiger partial charge in [-0.3, -0.25) is 4.79 Å². The molecule has 0 heterocycles. The van der Waals surface area contributed by atoms with Crippen molar-refractivity contribution in [2.24, 2.45) is 5.92 Å².